The Morgan fingerprint density at radius 1 is 0.871 bits per heavy atom. The summed E-state index contributed by atoms with van der Waals surface area (Å²) in [6.45, 7) is 3.57. The number of carbonyl (C=O) groups excluding carboxylic acids is 1. The third-order valence-corrected chi connectivity index (χ3v) is 6.64. The minimum Gasteiger partial charge on any atom is -0.460 e. The van der Waals surface area contributed by atoms with Gasteiger partial charge in [0, 0.05) is 13.2 Å². The second-order valence-corrected chi connectivity index (χ2v) is 10.3. The Balaban J connectivity index is 3.51. The van der Waals surface area contributed by atoms with Crippen LogP contribution in [0.25, 0.3) is 0 Å². The smallest absolute Gasteiger partial charge is 0.329 e. The van der Waals surface area contributed by atoms with Gasteiger partial charge in [-0.1, -0.05) is 90.4 Å². The molecule has 0 aliphatic rings. The lowest BCUT2D eigenvalue weighted by Crippen LogP contribution is -2.26. The topological polar surface area (TPSA) is 94.1 Å². The third kappa shape index (κ3) is 22.5. The van der Waals surface area contributed by atoms with Crippen molar-refractivity contribution in [3.8, 4) is 0 Å². The lowest BCUT2D eigenvalue weighted by Gasteiger charge is -2.18. The summed E-state index contributed by atoms with van der Waals surface area (Å²) in [7, 11) is -1.98. The predicted octanol–water partition coefficient (Wildman–Crippen LogP) is 5.45. The van der Waals surface area contributed by atoms with Crippen LogP contribution in [0.3, 0.4) is 0 Å². The number of hydrogen-bond donors (Lipinski definition) is 2. The van der Waals surface area contributed by atoms with Gasteiger partial charge in [-0.25, -0.2) is 0 Å². The van der Waals surface area contributed by atoms with Crippen molar-refractivity contribution in [2.24, 2.45) is 0 Å². The summed E-state index contributed by atoms with van der Waals surface area (Å²) >= 11 is 0. The molecule has 186 valence electrons. The molecule has 8 heteroatoms. The van der Waals surface area contributed by atoms with Crippen molar-refractivity contribution < 1.29 is 28.3 Å². The molecule has 2 unspecified atom stereocenters. The van der Waals surface area contributed by atoms with Crippen molar-refractivity contribution in [2.75, 3.05) is 39.6 Å². The van der Waals surface area contributed by atoms with Gasteiger partial charge in [0.05, 0.1) is 19.4 Å². The second kappa shape index (κ2) is 22.7. The molecule has 0 heterocycles. The molecule has 0 bridgehead atoms. The van der Waals surface area contributed by atoms with Crippen LogP contribution in [0.5, 0.6) is 0 Å². The van der Waals surface area contributed by atoms with E-state index in [9.17, 15) is 14.3 Å². The maximum atomic E-state index is 11.8. The fraction of sp³-hybridized carbons (Fsp3) is 0.957. The normalized spacial score (nSPS) is 14.3. The van der Waals surface area contributed by atoms with E-state index in [2.05, 4.69) is 12.2 Å². The third-order valence-electron chi connectivity index (χ3n) is 5.30. The Kier molecular flexibility index (Phi) is 22.4. The fourth-order valence-electron chi connectivity index (χ4n) is 3.34. The molecule has 0 aliphatic carbocycles. The highest BCUT2D eigenvalue weighted by Crippen LogP contribution is 2.41. The van der Waals surface area contributed by atoms with Crippen LogP contribution in [0.4, 0.5) is 0 Å². The molecule has 0 spiro atoms. The summed E-state index contributed by atoms with van der Waals surface area (Å²) < 4.78 is 27.3. The van der Waals surface area contributed by atoms with Gasteiger partial charge in [-0.2, -0.15) is 0 Å². The first-order valence-corrected chi connectivity index (χ1v) is 14.1. The molecule has 0 aromatic heterocycles. The van der Waals surface area contributed by atoms with Crippen LogP contribution in [0.15, 0.2) is 0 Å². The Morgan fingerprint density at radius 2 is 1.39 bits per heavy atom. The molecule has 0 saturated heterocycles. The van der Waals surface area contributed by atoms with Gasteiger partial charge in [-0.3, -0.25) is 9.36 Å². The zero-order chi connectivity index (χ0) is 23.0. The first-order chi connectivity index (χ1) is 15.1. The average Bonchev–Trinajstić information content (AvgIpc) is 2.75. The summed E-state index contributed by atoms with van der Waals surface area (Å²) in [5, 5.41) is 2.80. The van der Waals surface area contributed by atoms with E-state index in [1.807, 2.05) is 0 Å². The summed E-state index contributed by atoms with van der Waals surface area (Å²) in [5.41, 5.74) is 0. The van der Waals surface area contributed by atoms with Crippen LogP contribution in [0, 0.1) is 0 Å². The SMILES string of the molecule is CCCCCCCCCCCCCCCCOCC(COP(=O)(O)CCNC)OC=O. The highest BCUT2D eigenvalue weighted by atomic mass is 31.2. The van der Waals surface area contributed by atoms with Gasteiger partial charge in [-0.05, 0) is 13.5 Å². The maximum absolute atomic E-state index is 11.8. The van der Waals surface area contributed by atoms with E-state index in [0.29, 0.717) is 19.6 Å². The largest absolute Gasteiger partial charge is 0.460 e. The summed E-state index contributed by atoms with van der Waals surface area (Å²) in [6, 6.07) is 0. The van der Waals surface area contributed by atoms with Gasteiger partial charge in [0.25, 0.3) is 6.47 Å². The monoisotopic (exact) mass is 465 g/mol. The zero-order valence-corrected chi connectivity index (χ0v) is 20.9. The second-order valence-electron chi connectivity index (χ2n) is 8.29. The molecule has 2 atom stereocenters. The quantitative estimate of drug-likeness (QED) is 0.105. The molecule has 0 rings (SSSR count). The standard InChI is InChI=1S/C23H48NO6P/c1-3-4-5-6-7-8-9-10-11-12-13-14-15-16-18-28-20-23(29-22-25)21-30-31(26,27)19-17-24-2/h22-24H,3-21H2,1-2H3,(H,26,27). The molecular weight excluding hydrogens is 417 g/mol. The van der Waals surface area contributed by atoms with Gasteiger partial charge in [0.15, 0.2) is 0 Å². The van der Waals surface area contributed by atoms with Gasteiger partial charge in [-0.15, -0.1) is 0 Å². The number of nitrogens with one attached hydrogen (secondary N) is 1. The van der Waals surface area contributed by atoms with E-state index < -0.39 is 13.7 Å². The molecule has 0 amide bonds. The number of unbranched alkanes of at least 4 members (excludes halogenated alkanes) is 13. The Bertz CT molecular complexity index is 438. The summed E-state index contributed by atoms with van der Waals surface area (Å²) in [6.07, 6.45) is 17.7. The molecule has 0 saturated carbocycles. The molecule has 31 heavy (non-hydrogen) atoms. The van der Waals surface area contributed by atoms with Crippen LogP contribution < -0.4 is 5.32 Å². The first-order valence-electron chi connectivity index (χ1n) is 12.3. The minimum absolute atomic E-state index is 0.0111. The highest BCUT2D eigenvalue weighted by molar-refractivity contribution is 7.52. The van der Waals surface area contributed by atoms with E-state index in [1.165, 1.54) is 77.0 Å². The summed E-state index contributed by atoms with van der Waals surface area (Å²) in [4.78, 5) is 20.3. The Hall–Kier alpha value is -0.460. The van der Waals surface area contributed by atoms with Crippen LogP contribution in [0.2, 0.25) is 0 Å². The van der Waals surface area contributed by atoms with Crippen molar-refractivity contribution in [1.29, 1.82) is 0 Å². The molecule has 2 N–H and O–H groups in total. The van der Waals surface area contributed by atoms with E-state index in [-0.39, 0.29) is 19.4 Å². The van der Waals surface area contributed by atoms with Gasteiger partial charge < -0.3 is 24.2 Å². The molecule has 0 aliphatic heterocycles. The lowest BCUT2D eigenvalue weighted by atomic mass is 10.0. The van der Waals surface area contributed by atoms with Gasteiger partial charge in [0.2, 0.25) is 0 Å². The Morgan fingerprint density at radius 3 is 1.87 bits per heavy atom. The number of carbonyl (C=O) groups is 1. The molecule has 0 aromatic rings. The van der Waals surface area contributed by atoms with E-state index in [1.54, 1.807) is 7.05 Å². The minimum atomic E-state index is -3.68. The first kappa shape index (κ1) is 30.5. The number of rotatable bonds is 25. The van der Waals surface area contributed by atoms with Crippen molar-refractivity contribution in [3.63, 3.8) is 0 Å². The van der Waals surface area contributed by atoms with Gasteiger partial charge in [0.1, 0.15) is 6.10 Å². The van der Waals surface area contributed by atoms with E-state index in [4.69, 9.17) is 14.0 Å². The Labute approximate surface area is 190 Å². The van der Waals surface area contributed by atoms with Crippen molar-refractivity contribution in [1.82, 2.24) is 5.32 Å². The van der Waals surface area contributed by atoms with Gasteiger partial charge >= 0.3 is 7.60 Å². The lowest BCUT2D eigenvalue weighted by molar-refractivity contribution is -0.138. The van der Waals surface area contributed by atoms with Crippen LogP contribution in [0.1, 0.15) is 96.8 Å². The molecule has 0 radical (unpaired) electrons. The highest BCUT2D eigenvalue weighted by Gasteiger charge is 2.21. The molecule has 0 aromatic carbocycles. The zero-order valence-electron chi connectivity index (χ0n) is 20.0. The van der Waals surface area contributed by atoms with Crippen molar-refractivity contribution in [2.45, 2.75) is 103 Å². The molecule has 7 nitrogen and oxygen atoms in total. The van der Waals surface area contributed by atoms with Crippen LogP contribution in [-0.2, 0) is 23.4 Å². The average molecular weight is 466 g/mol. The number of hydrogen-bond acceptors (Lipinski definition) is 6. The van der Waals surface area contributed by atoms with Crippen LogP contribution in [-0.4, -0.2) is 57.0 Å². The van der Waals surface area contributed by atoms with Crippen molar-refractivity contribution >= 4 is 14.1 Å². The van der Waals surface area contributed by atoms with E-state index >= 15 is 0 Å². The van der Waals surface area contributed by atoms with Crippen molar-refractivity contribution in [3.05, 3.63) is 0 Å². The fourth-order valence-corrected chi connectivity index (χ4v) is 4.37. The summed E-state index contributed by atoms with van der Waals surface area (Å²) in [5.74, 6) is 0. The molecule has 0 fully saturated rings. The van der Waals surface area contributed by atoms with Crippen LogP contribution >= 0.6 is 7.60 Å². The predicted molar refractivity (Wildman–Crippen MR) is 127 cm³/mol. The number of ether oxygens (including phenoxy) is 2. The maximum Gasteiger partial charge on any atom is 0.329 e. The van der Waals surface area contributed by atoms with E-state index in [0.717, 1.165) is 12.8 Å². The molecular formula is C23H48NO6P.